The number of hydrogen-bond donors (Lipinski definition) is 0. The summed E-state index contributed by atoms with van der Waals surface area (Å²) in [5.41, 5.74) is 0.206. The summed E-state index contributed by atoms with van der Waals surface area (Å²) >= 11 is 0. The molecule has 5 aliphatic carbocycles. The first-order valence-corrected chi connectivity index (χ1v) is 16.9. The molecule has 1 aliphatic heterocycles. The van der Waals surface area contributed by atoms with Crippen LogP contribution in [-0.4, -0.2) is 17.8 Å². The van der Waals surface area contributed by atoms with E-state index in [9.17, 15) is 10.1 Å². The topological polar surface area (TPSA) is 70.3 Å². The van der Waals surface area contributed by atoms with E-state index < -0.39 is 16.2 Å². The Bertz CT molecular complexity index is 1540. The van der Waals surface area contributed by atoms with E-state index in [2.05, 4.69) is 71.3 Å². The van der Waals surface area contributed by atoms with Gasteiger partial charge in [-0.2, -0.15) is 5.26 Å². The number of nitrogens with zero attached hydrogens (tertiary/aromatic N) is 2. The van der Waals surface area contributed by atoms with Gasteiger partial charge in [0.25, 0.3) is 0 Å². The minimum absolute atomic E-state index is 0.0655. The van der Waals surface area contributed by atoms with Gasteiger partial charge in [-0.15, -0.1) is 6.58 Å². The molecule has 0 amide bonds. The fraction of sp³-hybridized carbons (Fsp3) is 0.650. The summed E-state index contributed by atoms with van der Waals surface area (Å²) in [6, 6.07) is 2.24. The van der Waals surface area contributed by atoms with Gasteiger partial charge in [-0.05, 0) is 102 Å². The number of nitriles is 1. The second kappa shape index (κ2) is 9.37. The van der Waals surface area contributed by atoms with Gasteiger partial charge >= 0.3 is 0 Å². The quantitative estimate of drug-likeness (QED) is 0.307. The van der Waals surface area contributed by atoms with Crippen molar-refractivity contribution in [1.29, 1.82) is 5.26 Å². The van der Waals surface area contributed by atoms with Crippen LogP contribution in [0.25, 0.3) is 0 Å². The van der Waals surface area contributed by atoms with Gasteiger partial charge in [-0.1, -0.05) is 73.6 Å². The SMILES string of the molecule is C=C[C@@]12CC[C@]3(C)C(=CC(=O)[C@@H]4[C@]5(C)CC(C)(C)CC[C@]5(C/C=C5\C=CN=CC5)CC[C@]43C)[C@@]1(C)C=C(C#N)C(=O)C2(C)C. The largest absolute Gasteiger partial charge is 0.295 e. The summed E-state index contributed by atoms with van der Waals surface area (Å²) in [4.78, 5) is 33.0. The molecule has 234 valence electrons. The van der Waals surface area contributed by atoms with Crippen LogP contribution in [0.4, 0.5) is 0 Å². The molecule has 3 fully saturated rings. The van der Waals surface area contributed by atoms with Crippen molar-refractivity contribution < 1.29 is 9.59 Å². The molecule has 0 aromatic carbocycles. The van der Waals surface area contributed by atoms with Gasteiger partial charge in [0.05, 0.1) is 5.57 Å². The van der Waals surface area contributed by atoms with E-state index >= 15 is 4.79 Å². The Kier molecular flexibility index (Phi) is 6.64. The lowest BCUT2D eigenvalue weighted by Gasteiger charge is -2.74. The lowest BCUT2D eigenvalue weighted by atomic mass is 9.29. The van der Waals surface area contributed by atoms with Crippen molar-refractivity contribution in [1.82, 2.24) is 0 Å². The minimum Gasteiger partial charge on any atom is -0.295 e. The van der Waals surface area contributed by atoms with Gasteiger partial charge in [0, 0.05) is 41.0 Å². The van der Waals surface area contributed by atoms with Crippen molar-refractivity contribution in [2.45, 2.75) is 113 Å². The molecule has 1 heterocycles. The van der Waals surface area contributed by atoms with E-state index in [-0.39, 0.29) is 50.1 Å². The van der Waals surface area contributed by atoms with Crippen molar-refractivity contribution in [2.75, 3.05) is 0 Å². The molecule has 4 nitrogen and oxygen atoms in total. The maximum atomic E-state index is 15.0. The maximum Gasteiger partial charge on any atom is 0.179 e. The number of carbonyl (C=O) groups excluding carboxylic acids is 2. The molecule has 0 spiro atoms. The zero-order chi connectivity index (χ0) is 32.2. The van der Waals surface area contributed by atoms with Gasteiger partial charge in [0.15, 0.2) is 11.6 Å². The van der Waals surface area contributed by atoms with Crippen LogP contribution < -0.4 is 0 Å². The second-order valence-corrected chi connectivity index (χ2v) is 17.5. The smallest absolute Gasteiger partial charge is 0.179 e. The molecule has 0 aromatic heterocycles. The van der Waals surface area contributed by atoms with Gasteiger partial charge in [0.2, 0.25) is 0 Å². The van der Waals surface area contributed by atoms with E-state index in [1.165, 1.54) is 12.0 Å². The molecule has 0 N–H and O–H groups in total. The van der Waals surface area contributed by atoms with Gasteiger partial charge in [-0.25, -0.2) is 0 Å². The average molecular weight is 593 g/mol. The van der Waals surface area contributed by atoms with E-state index in [4.69, 9.17) is 0 Å². The van der Waals surface area contributed by atoms with E-state index in [0.717, 1.165) is 56.9 Å². The highest BCUT2D eigenvalue weighted by Gasteiger charge is 2.75. The third kappa shape index (κ3) is 3.59. The van der Waals surface area contributed by atoms with Crippen LogP contribution in [0.5, 0.6) is 0 Å². The third-order valence-corrected chi connectivity index (χ3v) is 15.1. The number of Topliss-reactive ketones (excluding diaryl/α,β-unsaturated/α-hetero) is 1. The molecular formula is C40H52N2O2. The highest BCUT2D eigenvalue weighted by molar-refractivity contribution is 6.05. The minimum atomic E-state index is -0.806. The molecular weight excluding hydrogens is 540 g/mol. The van der Waals surface area contributed by atoms with E-state index in [0.29, 0.717) is 0 Å². The molecule has 0 radical (unpaired) electrons. The summed E-state index contributed by atoms with van der Waals surface area (Å²) in [6.45, 7) is 22.6. The molecule has 7 atom stereocenters. The van der Waals surface area contributed by atoms with Crippen LogP contribution in [0.15, 0.2) is 64.9 Å². The number of allylic oxidation sites excluding steroid dienone is 8. The molecule has 0 unspecified atom stereocenters. The fourth-order valence-corrected chi connectivity index (χ4v) is 12.4. The predicted molar refractivity (Wildman–Crippen MR) is 178 cm³/mol. The number of fused-ring (bicyclic) bond motifs is 7. The highest BCUT2D eigenvalue weighted by Crippen LogP contribution is 2.80. The summed E-state index contributed by atoms with van der Waals surface area (Å²) in [5, 5.41) is 10.1. The van der Waals surface area contributed by atoms with Crippen molar-refractivity contribution in [3.05, 3.63) is 59.9 Å². The number of rotatable bonds is 3. The lowest BCUT2D eigenvalue weighted by molar-refractivity contribution is -0.208. The molecule has 44 heavy (non-hydrogen) atoms. The number of carbonyl (C=O) groups is 2. The summed E-state index contributed by atoms with van der Waals surface area (Å²) < 4.78 is 0. The average Bonchev–Trinajstić information content (AvgIpc) is 2.96. The van der Waals surface area contributed by atoms with Crippen molar-refractivity contribution >= 4 is 17.8 Å². The predicted octanol–water partition coefficient (Wildman–Crippen LogP) is 9.46. The zero-order valence-electron chi connectivity index (χ0n) is 28.4. The lowest BCUT2D eigenvalue weighted by Crippen LogP contribution is -2.69. The van der Waals surface area contributed by atoms with Crippen LogP contribution in [0.1, 0.15) is 113 Å². The Morgan fingerprint density at radius 3 is 2.32 bits per heavy atom. The molecule has 3 saturated carbocycles. The molecule has 6 aliphatic rings. The Morgan fingerprint density at radius 2 is 1.68 bits per heavy atom. The third-order valence-electron chi connectivity index (χ3n) is 15.1. The van der Waals surface area contributed by atoms with Crippen molar-refractivity contribution in [3.8, 4) is 6.07 Å². The van der Waals surface area contributed by atoms with Crippen molar-refractivity contribution in [3.63, 3.8) is 0 Å². The summed E-state index contributed by atoms with van der Waals surface area (Å²) in [6.07, 6.45) is 23.5. The van der Waals surface area contributed by atoms with Gasteiger partial charge in [0.1, 0.15) is 6.07 Å². The molecule has 0 bridgehead atoms. The first-order chi connectivity index (χ1) is 20.4. The molecule has 0 aromatic rings. The maximum absolute atomic E-state index is 15.0. The number of ketones is 2. The first-order valence-electron chi connectivity index (χ1n) is 16.9. The molecule has 6 rings (SSSR count). The number of hydrogen-bond acceptors (Lipinski definition) is 4. The summed E-state index contributed by atoms with van der Waals surface area (Å²) in [7, 11) is 0. The van der Waals surface area contributed by atoms with Crippen LogP contribution >= 0.6 is 0 Å². The molecule has 0 saturated heterocycles. The Hall–Kier alpha value is -2.80. The zero-order valence-corrected chi connectivity index (χ0v) is 28.4. The Labute approximate surface area is 265 Å². The van der Waals surface area contributed by atoms with Crippen LogP contribution in [-0.2, 0) is 9.59 Å². The van der Waals surface area contributed by atoms with Crippen LogP contribution in [0, 0.1) is 60.6 Å². The molecule has 4 heteroatoms. The first kappa shape index (κ1) is 31.2. The van der Waals surface area contributed by atoms with E-state index in [1.807, 2.05) is 44.5 Å². The fourth-order valence-electron chi connectivity index (χ4n) is 12.4. The van der Waals surface area contributed by atoms with Gasteiger partial charge < -0.3 is 0 Å². The Morgan fingerprint density at radius 1 is 0.977 bits per heavy atom. The van der Waals surface area contributed by atoms with Crippen LogP contribution in [0.3, 0.4) is 0 Å². The standard InChI is InChI=1S/C40H52N2O2/c1-10-40-20-17-35(6)30(37(40,8)24-28(25-41)32(44)34(40,4)5)23-29(43)31-36(35,7)16-19-39(14-11-27-12-21-42-22-13-27)18-15-33(2,3)26-38(31,39)9/h10-12,21-24,31H,1,13-20,26H2,2-9H3/b27-11+/t31-,35+,36+,37+,38-,39+,40-/m0/s1. The highest BCUT2D eigenvalue weighted by atomic mass is 16.1. The van der Waals surface area contributed by atoms with Crippen LogP contribution in [0.2, 0.25) is 0 Å². The Balaban J connectivity index is 1.54. The normalized spacial score (nSPS) is 46.1. The van der Waals surface area contributed by atoms with Crippen molar-refractivity contribution in [2.24, 2.45) is 54.2 Å². The summed E-state index contributed by atoms with van der Waals surface area (Å²) in [5.74, 6) is 0.0566. The second-order valence-electron chi connectivity index (χ2n) is 17.5. The monoisotopic (exact) mass is 592 g/mol. The van der Waals surface area contributed by atoms with E-state index in [1.54, 1.807) is 0 Å². The number of aliphatic imine (C=N–C) groups is 1. The van der Waals surface area contributed by atoms with Gasteiger partial charge in [-0.3, -0.25) is 14.6 Å².